The third-order valence-corrected chi connectivity index (χ3v) is 5.67. The Kier molecular flexibility index (Phi) is 5.04. The first-order valence-corrected chi connectivity index (χ1v) is 9.75. The van der Waals surface area contributed by atoms with E-state index in [1.54, 1.807) is 25.3 Å². The maximum atomic E-state index is 12.9. The van der Waals surface area contributed by atoms with Crippen LogP contribution in [-0.2, 0) is 4.79 Å². The van der Waals surface area contributed by atoms with Gasteiger partial charge in [-0.2, -0.15) is 0 Å². The average Bonchev–Trinajstić information content (AvgIpc) is 3.00. The number of carboxylic acids is 1. The van der Waals surface area contributed by atoms with Gasteiger partial charge in [0.2, 0.25) is 0 Å². The highest BCUT2D eigenvalue weighted by atomic mass is 32.2. The van der Waals surface area contributed by atoms with Gasteiger partial charge in [0.1, 0.15) is 11.3 Å². The number of thiocarbonyl (C=S) groups is 1. The van der Waals surface area contributed by atoms with Crippen molar-refractivity contribution in [3.63, 3.8) is 0 Å². The molecule has 0 radical (unpaired) electrons. The Labute approximate surface area is 175 Å². The van der Waals surface area contributed by atoms with Crippen molar-refractivity contribution in [2.75, 3.05) is 12.0 Å². The van der Waals surface area contributed by atoms with Crippen LogP contribution in [0.2, 0.25) is 0 Å². The second-order valence-corrected chi connectivity index (χ2v) is 7.81. The number of pyridine rings is 1. The van der Waals surface area contributed by atoms with Crippen molar-refractivity contribution < 1.29 is 19.4 Å². The normalized spacial score (nSPS) is 15.3. The van der Waals surface area contributed by atoms with Crippen molar-refractivity contribution in [3.8, 4) is 5.75 Å². The third kappa shape index (κ3) is 3.59. The number of carbonyl (C=O) groups excluding carboxylic acids is 1. The number of anilines is 1. The van der Waals surface area contributed by atoms with E-state index in [1.807, 2.05) is 30.3 Å². The van der Waals surface area contributed by atoms with E-state index >= 15 is 0 Å². The standard InChI is InChI=1S/C21H14N2O4S2/c1-27-16-4-2-3-12-5-8-14(22-18(12)16)11-17-19(24)23(21(28)29-17)15-9-6-13(7-10-15)20(25)26/h2-11H,1H3,(H,25,26)/b17-11+. The van der Waals surface area contributed by atoms with Gasteiger partial charge in [-0.1, -0.05) is 42.2 Å². The zero-order valence-corrected chi connectivity index (χ0v) is 16.8. The summed E-state index contributed by atoms with van der Waals surface area (Å²) in [5, 5.41) is 9.97. The fraction of sp³-hybridized carbons (Fsp3) is 0.0476. The van der Waals surface area contributed by atoms with E-state index in [1.165, 1.54) is 28.8 Å². The summed E-state index contributed by atoms with van der Waals surface area (Å²) in [5.41, 5.74) is 1.99. The molecule has 6 nitrogen and oxygen atoms in total. The molecule has 0 spiro atoms. The highest BCUT2D eigenvalue weighted by molar-refractivity contribution is 8.27. The zero-order chi connectivity index (χ0) is 20.5. The molecule has 8 heteroatoms. The van der Waals surface area contributed by atoms with Crippen LogP contribution < -0.4 is 9.64 Å². The van der Waals surface area contributed by atoms with Gasteiger partial charge >= 0.3 is 5.97 Å². The number of benzene rings is 2. The van der Waals surface area contributed by atoms with Crippen LogP contribution in [0.15, 0.2) is 59.5 Å². The molecule has 2 aromatic carbocycles. The van der Waals surface area contributed by atoms with Crippen LogP contribution in [0.25, 0.3) is 17.0 Å². The second-order valence-electron chi connectivity index (χ2n) is 6.14. The minimum Gasteiger partial charge on any atom is -0.494 e. The number of nitrogens with zero attached hydrogens (tertiary/aromatic N) is 2. The molecule has 0 bridgehead atoms. The molecule has 0 saturated carbocycles. The summed E-state index contributed by atoms with van der Waals surface area (Å²) in [4.78, 5) is 30.4. The Hall–Kier alpha value is -3.23. The van der Waals surface area contributed by atoms with Gasteiger partial charge in [-0.05, 0) is 42.5 Å². The van der Waals surface area contributed by atoms with Crippen LogP contribution in [0.4, 0.5) is 5.69 Å². The number of fused-ring (bicyclic) bond motifs is 1. The summed E-state index contributed by atoms with van der Waals surface area (Å²) in [6, 6.07) is 15.4. The van der Waals surface area contributed by atoms with E-state index in [4.69, 9.17) is 22.1 Å². The van der Waals surface area contributed by atoms with Crippen LogP contribution in [0, 0.1) is 0 Å². The molecule has 3 aromatic rings. The maximum absolute atomic E-state index is 12.9. The number of aromatic nitrogens is 1. The highest BCUT2D eigenvalue weighted by Gasteiger charge is 2.33. The Morgan fingerprint density at radius 1 is 1.17 bits per heavy atom. The molecule has 1 aliphatic rings. The van der Waals surface area contributed by atoms with Crippen LogP contribution in [0.1, 0.15) is 16.1 Å². The van der Waals surface area contributed by atoms with Gasteiger partial charge in [0.15, 0.2) is 4.32 Å². The summed E-state index contributed by atoms with van der Waals surface area (Å²) in [7, 11) is 1.59. The molecule has 4 rings (SSSR count). The fourth-order valence-corrected chi connectivity index (χ4v) is 4.24. The Morgan fingerprint density at radius 3 is 2.62 bits per heavy atom. The monoisotopic (exact) mass is 422 g/mol. The first-order chi connectivity index (χ1) is 14.0. The Balaban J connectivity index is 1.67. The second kappa shape index (κ2) is 7.65. The molecule has 2 heterocycles. The fourth-order valence-electron chi connectivity index (χ4n) is 2.96. The van der Waals surface area contributed by atoms with E-state index in [0.29, 0.717) is 31.9 Å². The van der Waals surface area contributed by atoms with Crippen LogP contribution >= 0.6 is 24.0 Å². The zero-order valence-electron chi connectivity index (χ0n) is 15.2. The molecule has 1 aliphatic heterocycles. The molecule has 0 unspecified atom stereocenters. The third-order valence-electron chi connectivity index (χ3n) is 4.37. The van der Waals surface area contributed by atoms with E-state index in [0.717, 1.165) is 5.39 Å². The van der Waals surface area contributed by atoms with Crippen molar-refractivity contribution in [3.05, 3.63) is 70.8 Å². The lowest BCUT2D eigenvalue weighted by molar-refractivity contribution is -0.113. The minimum atomic E-state index is -1.03. The van der Waals surface area contributed by atoms with E-state index in [9.17, 15) is 9.59 Å². The Morgan fingerprint density at radius 2 is 1.93 bits per heavy atom. The first-order valence-electron chi connectivity index (χ1n) is 8.53. The molecule has 1 amide bonds. The number of amides is 1. The summed E-state index contributed by atoms with van der Waals surface area (Å²) >= 11 is 6.54. The molecular formula is C21H14N2O4S2. The number of ether oxygens (including phenoxy) is 1. The van der Waals surface area contributed by atoms with Gasteiger partial charge in [-0.25, -0.2) is 9.78 Å². The number of rotatable bonds is 4. The van der Waals surface area contributed by atoms with Gasteiger partial charge in [0, 0.05) is 5.39 Å². The van der Waals surface area contributed by atoms with E-state index in [-0.39, 0.29) is 11.5 Å². The smallest absolute Gasteiger partial charge is 0.335 e. The topological polar surface area (TPSA) is 79.7 Å². The number of hydrogen-bond acceptors (Lipinski definition) is 6. The number of thioether (sulfide) groups is 1. The minimum absolute atomic E-state index is 0.143. The molecule has 1 aromatic heterocycles. The van der Waals surface area contributed by atoms with Gasteiger partial charge in [0.25, 0.3) is 5.91 Å². The molecule has 144 valence electrons. The molecule has 29 heavy (non-hydrogen) atoms. The summed E-state index contributed by atoms with van der Waals surface area (Å²) in [5.74, 6) is -0.645. The van der Waals surface area contributed by atoms with Gasteiger partial charge in [-0.15, -0.1) is 0 Å². The lowest BCUT2D eigenvalue weighted by Gasteiger charge is -2.14. The first kappa shape index (κ1) is 19.1. The van der Waals surface area contributed by atoms with Gasteiger partial charge < -0.3 is 9.84 Å². The van der Waals surface area contributed by atoms with E-state index < -0.39 is 5.97 Å². The van der Waals surface area contributed by atoms with Crippen LogP contribution in [0.5, 0.6) is 5.75 Å². The molecule has 0 atom stereocenters. The van der Waals surface area contributed by atoms with Gasteiger partial charge in [-0.3, -0.25) is 9.69 Å². The predicted octanol–water partition coefficient (Wildman–Crippen LogP) is 4.35. The van der Waals surface area contributed by atoms with Crippen molar-refractivity contribution in [2.24, 2.45) is 0 Å². The molecule has 1 N–H and O–H groups in total. The van der Waals surface area contributed by atoms with Crippen molar-refractivity contribution in [1.29, 1.82) is 0 Å². The Bertz CT molecular complexity index is 1190. The average molecular weight is 422 g/mol. The van der Waals surface area contributed by atoms with Crippen molar-refractivity contribution in [1.82, 2.24) is 4.98 Å². The molecule has 1 saturated heterocycles. The van der Waals surface area contributed by atoms with Crippen LogP contribution in [-0.4, -0.2) is 33.4 Å². The number of methoxy groups -OCH3 is 1. The number of para-hydroxylation sites is 1. The van der Waals surface area contributed by atoms with Crippen molar-refractivity contribution in [2.45, 2.75) is 0 Å². The highest BCUT2D eigenvalue weighted by Crippen LogP contribution is 2.36. The lowest BCUT2D eigenvalue weighted by atomic mass is 10.2. The maximum Gasteiger partial charge on any atom is 0.335 e. The molecular weight excluding hydrogens is 408 g/mol. The number of hydrogen-bond donors (Lipinski definition) is 1. The number of carbonyl (C=O) groups is 2. The van der Waals surface area contributed by atoms with E-state index in [2.05, 4.69) is 4.98 Å². The summed E-state index contributed by atoms with van der Waals surface area (Å²) < 4.78 is 5.74. The molecule has 1 fully saturated rings. The number of aromatic carboxylic acids is 1. The van der Waals surface area contributed by atoms with Crippen LogP contribution in [0.3, 0.4) is 0 Å². The quantitative estimate of drug-likeness (QED) is 0.495. The number of carboxylic acid groups (broad SMARTS) is 1. The largest absolute Gasteiger partial charge is 0.494 e. The van der Waals surface area contributed by atoms with Crippen molar-refractivity contribution >= 4 is 62.8 Å². The molecule has 0 aliphatic carbocycles. The van der Waals surface area contributed by atoms with Gasteiger partial charge in [0.05, 0.1) is 29.0 Å². The lowest BCUT2D eigenvalue weighted by Crippen LogP contribution is -2.27. The SMILES string of the molecule is COc1cccc2ccc(/C=C3/SC(=S)N(c4ccc(C(=O)O)cc4)C3=O)nc12. The summed E-state index contributed by atoms with van der Waals surface area (Å²) in [6.45, 7) is 0. The summed E-state index contributed by atoms with van der Waals surface area (Å²) in [6.07, 6.45) is 1.69. The predicted molar refractivity (Wildman–Crippen MR) is 117 cm³/mol.